The summed E-state index contributed by atoms with van der Waals surface area (Å²) in [6.45, 7) is 5.38. The summed E-state index contributed by atoms with van der Waals surface area (Å²) in [5.41, 5.74) is 3.27. The fourth-order valence-electron chi connectivity index (χ4n) is 0.498. The highest BCUT2D eigenvalue weighted by Crippen LogP contribution is 2.07. The summed E-state index contributed by atoms with van der Waals surface area (Å²) in [7, 11) is 1.59. The minimum atomic E-state index is -0.500. The highest BCUT2D eigenvalue weighted by atomic mass is 32.1. The molecular formula is C7H14N2O2S. The minimum Gasteiger partial charge on any atom is -0.442 e. The van der Waals surface area contributed by atoms with Crippen molar-refractivity contribution in [1.82, 2.24) is 10.4 Å². The molecule has 0 rings (SSSR count). The first kappa shape index (κ1) is 11.3. The van der Waals surface area contributed by atoms with E-state index >= 15 is 0 Å². The van der Waals surface area contributed by atoms with Crippen molar-refractivity contribution in [2.45, 2.75) is 26.4 Å². The molecule has 12 heavy (non-hydrogen) atoms. The van der Waals surface area contributed by atoms with Gasteiger partial charge >= 0.3 is 6.09 Å². The first-order chi connectivity index (χ1) is 5.40. The standard InChI is InChI=1S/C7H14N2O2S/c1-7(2,3)11-6(10)9(5-12)8-4/h5,8H,1-4H3. The Labute approximate surface area is 77.8 Å². The number of nitrogens with zero attached hydrogens (tertiary/aromatic N) is 1. The summed E-state index contributed by atoms with van der Waals surface area (Å²) in [4.78, 5) is 11.2. The molecule has 0 aliphatic heterocycles. The Kier molecular flexibility index (Phi) is 4.12. The largest absolute Gasteiger partial charge is 0.442 e. The first-order valence-corrected chi connectivity index (χ1v) is 4.02. The summed E-state index contributed by atoms with van der Waals surface area (Å²) in [6, 6.07) is 0. The molecule has 1 amide bonds. The second kappa shape index (κ2) is 4.37. The Bertz CT molecular complexity index is 177. The van der Waals surface area contributed by atoms with Crippen LogP contribution in [-0.4, -0.2) is 29.2 Å². The summed E-state index contributed by atoms with van der Waals surface area (Å²) >= 11 is 4.58. The third-order valence-electron chi connectivity index (χ3n) is 0.937. The number of carbonyl (C=O) groups is 1. The summed E-state index contributed by atoms with van der Waals surface area (Å²) in [5, 5.41) is 1.10. The molecule has 1 N–H and O–H groups in total. The number of hydrogen-bond donors (Lipinski definition) is 1. The Morgan fingerprint density at radius 2 is 2.08 bits per heavy atom. The van der Waals surface area contributed by atoms with Crippen molar-refractivity contribution in [3.05, 3.63) is 0 Å². The molecule has 0 unspecified atom stereocenters. The Hall–Kier alpha value is -0.680. The molecule has 0 saturated carbocycles. The maximum atomic E-state index is 11.2. The van der Waals surface area contributed by atoms with Gasteiger partial charge in [0.2, 0.25) is 0 Å². The van der Waals surface area contributed by atoms with Crippen molar-refractivity contribution in [3.63, 3.8) is 0 Å². The molecule has 0 aliphatic rings. The van der Waals surface area contributed by atoms with Crippen LogP contribution in [0.1, 0.15) is 20.8 Å². The number of nitrogens with one attached hydrogen (secondary N) is 1. The van der Waals surface area contributed by atoms with E-state index in [1.165, 1.54) is 5.49 Å². The van der Waals surface area contributed by atoms with Crippen molar-refractivity contribution in [2.24, 2.45) is 0 Å². The van der Waals surface area contributed by atoms with Crippen LogP contribution in [0, 0.1) is 0 Å². The molecule has 4 nitrogen and oxygen atoms in total. The lowest BCUT2D eigenvalue weighted by Gasteiger charge is -2.23. The zero-order valence-corrected chi connectivity index (χ0v) is 8.57. The third kappa shape index (κ3) is 4.25. The lowest BCUT2D eigenvalue weighted by atomic mass is 10.2. The summed E-state index contributed by atoms with van der Waals surface area (Å²) < 4.78 is 5.01. The van der Waals surface area contributed by atoms with Gasteiger partial charge in [-0.25, -0.2) is 15.2 Å². The van der Waals surface area contributed by atoms with Gasteiger partial charge in [-0.05, 0) is 20.8 Å². The predicted molar refractivity (Wildman–Crippen MR) is 50.8 cm³/mol. The number of hydrogen-bond acceptors (Lipinski definition) is 4. The van der Waals surface area contributed by atoms with Crippen LogP contribution in [0.5, 0.6) is 0 Å². The molecule has 5 heteroatoms. The lowest BCUT2D eigenvalue weighted by molar-refractivity contribution is 0.0325. The molecular weight excluding hydrogens is 176 g/mol. The summed E-state index contributed by atoms with van der Waals surface area (Å²) in [5.74, 6) is 0. The van der Waals surface area contributed by atoms with E-state index in [2.05, 4.69) is 17.6 Å². The smallest absolute Gasteiger partial charge is 0.429 e. The maximum Gasteiger partial charge on any atom is 0.429 e. The van der Waals surface area contributed by atoms with Crippen LogP contribution in [0.4, 0.5) is 4.79 Å². The minimum absolute atomic E-state index is 0.496. The molecule has 0 aliphatic carbocycles. The molecule has 0 radical (unpaired) electrons. The maximum absolute atomic E-state index is 11.2. The SMILES string of the molecule is CNN(C=S)C(=O)OC(C)(C)C. The van der Waals surface area contributed by atoms with Gasteiger partial charge in [-0.15, -0.1) is 0 Å². The van der Waals surface area contributed by atoms with Gasteiger partial charge in [-0.1, -0.05) is 12.2 Å². The number of carbonyl (C=O) groups excluding carboxylic acids is 1. The van der Waals surface area contributed by atoms with Crippen LogP contribution >= 0.6 is 12.2 Å². The number of rotatable bonds is 2. The van der Waals surface area contributed by atoms with Gasteiger partial charge in [0.25, 0.3) is 0 Å². The lowest BCUT2D eigenvalue weighted by Crippen LogP contribution is -2.42. The van der Waals surface area contributed by atoms with Gasteiger partial charge in [0, 0.05) is 7.05 Å². The second-order valence-corrected chi connectivity index (χ2v) is 3.39. The van der Waals surface area contributed by atoms with E-state index in [1.54, 1.807) is 27.8 Å². The average Bonchev–Trinajstić information content (AvgIpc) is 1.85. The fourth-order valence-corrected chi connectivity index (χ4v) is 0.690. The molecule has 0 saturated heterocycles. The molecule has 0 aromatic heterocycles. The van der Waals surface area contributed by atoms with E-state index < -0.39 is 11.7 Å². The molecule has 0 spiro atoms. The molecule has 0 aromatic carbocycles. The van der Waals surface area contributed by atoms with Gasteiger partial charge in [-0.3, -0.25) is 0 Å². The fraction of sp³-hybridized carbons (Fsp3) is 0.714. The van der Waals surface area contributed by atoms with E-state index in [1.807, 2.05) is 0 Å². The van der Waals surface area contributed by atoms with Crippen LogP contribution < -0.4 is 5.43 Å². The highest BCUT2D eigenvalue weighted by Gasteiger charge is 2.19. The van der Waals surface area contributed by atoms with E-state index in [0.717, 1.165) is 5.01 Å². The van der Waals surface area contributed by atoms with Gasteiger partial charge in [0.1, 0.15) is 5.60 Å². The first-order valence-electron chi connectivity index (χ1n) is 3.55. The van der Waals surface area contributed by atoms with Crippen molar-refractivity contribution in [3.8, 4) is 0 Å². The average molecular weight is 190 g/mol. The van der Waals surface area contributed by atoms with E-state index in [4.69, 9.17) is 4.74 Å². The van der Waals surface area contributed by atoms with Crippen molar-refractivity contribution in [1.29, 1.82) is 0 Å². The number of amides is 1. The number of hydrazine groups is 1. The number of thiocarbonyl (C=S) groups is 1. The predicted octanol–water partition coefficient (Wildman–Crippen LogP) is 1.32. The third-order valence-corrected chi connectivity index (χ3v) is 1.15. The van der Waals surface area contributed by atoms with E-state index in [9.17, 15) is 4.79 Å². The molecule has 0 atom stereocenters. The quantitative estimate of drug-likeness (QED) is 0.526. The molecule has 0 heterocycles. The van der Waals surface area contributed by atoms with Gasteiger partial charge in [-0.2, -0.15) is 0 Å². The highest BCUT2D eigenvalue weighted by molar-refractivity contribution is 7.78. The van der Waals surface area contributed by atoms with Crippen molar-refractivity contribution in [2.75, 3.05) is 7.05 Å². The Balaban J connectivity index is 4.11. The topological polar surface area (TPSA) is 41.6 Å². The second-order valence-electron chi connectivity index (χ2n) is 3.18. The zero-order chi connectivity index (χ0) is 9.78. The van der Waals surface area contributed by atoms with E-state index in [-0.39, 0.29) is 0 Å². The van der Waals surface area contributed by atoms with Gasteiger partial charge in [0.15, 0.2) is 0 Å². The van der Waals surface area contributed by atoms with Crippen LogP contribution in [0.2, 0.25) is 0 Å². The van der Waals surface area contributed by atoms with Crippen LogP contribution in [0.15, 0.2) is 0 Å². The Morgan fingerprint density at radius 1 is 1.58 bits per heavy atom. The zero-order valence-electron chi connectivity index (χ0n) is 7.75. The van der Waals surface area contributed by atoms with Crippen molar-refractivity contribution < 1.29 is 9.53 Å². The van der Waals surface area contributed by atoms with Gasteiger partial charge < -0.3 is 4.74 Å². The van der Waals surface area contributed by atoms with Crippen LogP contribution in [-0.2, 0) is 4.74 Å². The van der Waals surface area contributed by atoms with E-state index in [0.29, 0.717) is 0 Å². The van der Waals surface area contributed by atoms with Crippen LogP contribution in [0.25, 0.3) is 0 Å². The van der Waals surface area contributed by atoms with Crippen molar-refractivity contribution >= 4 is 23.8 Å². The molecule has 0 fully saturated rings. The monoisotopic (exact) mass is 190 g/mol. The Morgan fingerprint density at radius 3 is 2.33 bits per heavy atom. The number of ether oxygens (including phenoxy) is 1. The van der Waals surface area contributed by atoms with Gasteiger partial charge in [0.05, 0.1) is 5.49 Å². The molecule has 70 valence electrons. The summed E-state index contributed by atoms with van der Waals surface area (Å²) in [6.07, 6.45) is -0.500. The normalized spacial score (nSPS) is 10.7. The molecule has 0 bridgehead atoms. The molecule has 0 aromatic rings. The van der Waals surface area contributed by atoms with Crippen LogP contribution in [0.3, 0.4) is 0 Å².